The Kier molecular flexibility index (Phi) is 4.81. The Balaban J connectivity index is 1.83. The van der Waals surface area contributed by atoms with E-state index in [0.717, 1.165) is 13.1 Å². The molecule has 1 aliphatic rings. The van der Waals surface area contributed by atoms with Crippen LogP contribution < -0.4 is 0 Å². The summed E-state index contributed by atoms with van der Waals surface area (Å²) in [5.41, 5.74) is 2.39. The Morgan fingerprint density at radius 2 is 2.00 bits per heavy atom. The minimum atomic E-state index is 0.679. The highest BCUT2D eigenvalue weighted by atomic mass is 35.5. The molecule has 0 bridgehead atoms. The van der Waals surface area contributed by atoms with E-state index in [-0.39, 0.29) is 0 Å². The molecule has 21 heavy (non-hydrogen) atoms. The third-order valence-electron chi connectivity index (χ3n) is 4.65. The van der Waals surface area contributed by atoms with Gasteiger partial charge in [-0.2, -0.15) is 5.10 Å². The molecule has 2 aromatic rings. The van der Waals surface area contributed by atoms with Crippen LogP contribution in [0.2, 0.25) is 0 Å². The van der Waals surface area contributed by atoms with Crippen LogP contribution in [0.5, 0.6) is 0 Å². The quantitative estimate of drug-likeness (QED) is 0.780. The van der Waals surface area contributed by atoms with Gasteiger partial charge in [-0.1, -0.05) is 37.5 Å². The van der Waals surface area contributed by atoms with Crippen molar-refractivity contribution in [2.24, 2.45) is 7.05 Å². The van der Waals surface area contributed by atoms with E-state index >= 15 is 0 Å². The Morgan fingerprint density at radius 3 is 2.76 bits per heavy atom. The molecule has 1 fully saturated rings. The third kappa shape index (κ3) is 3.24. The standard InChI is InChI=1S/C17H24ClN3/c1-20-17-10-6-5-9-15(17)16(19-20)13-21(12-11-18)14-7-3-2-4-8-14/h5-6,9-10,14H,2-4,7-8,11-13H2,1H3. The molecule has 3 nitrogen and oxygen atoms in total. The molecule has 0 atom stereocenters. The lowest BCUT2D eigenvalue weighted by atomic mass is 9.94. The number of hydrogen-bond donors (Lipinski definition) is 0. The van der Waals surface area contributed by atoms with Crippen LogP contribution in [-0.4, -0.2) is 33.1 Å². The molecule has 0 unspecified atom stereocenters. The fourth-order valence-corrected chi connectivity index (χ4v) is 3.76. The van der Waals surface area contributed by atoms with Gasteiger partial charge < -0.3 is 0 Å². The summed E-state index contributed by atoms with van der Waals surface area (Å²) in [4.78, 5) is 2.54. The van der Waals surface area contributed by atoms with Crippen molar-refractivity contribution in [3.8, 4) is 0 Å². The number of aryl methyl sites for hydroxylation is 1. The van der Waals surface area contributed by atoms with Crippen molar-refractivity contribution >= 4 is 22.5 Å². The second-order valence-corrected chi connectivity index (χ2v) is 6.42. The SMILES string of the molecule is Cn1nc(CN(CCCl)C2CCCCC2)c2ccccc21. The van der Waals surface area contributed by atoms with E-state index in [9.17, 15) is 0 Å². The minimum absolute atomic E-state index is 0.679. The number of rotatable bonds is 5. The summed E-state index contributed by atoms with van der Waals surface area (Å²) >= 11 is 6.04. The maximum atomic E-state index is 6.04. The van der Waals surface area contributed by atoms with E-state index < -0.39 is 0 Å². The number of alkyl halides is 1. The molecule has 1 aromatic carbocycles. The van der Waals surface area contributed by atoms with Crippen LogP contribution in [0.1, 0.15) is 37.8 Å². The topological polar surface area (TPSA) is 21.1 Å². The summed E-state index contributed by atoms with van der Waals surface area (Å²) in [5.74, 6) is 0.696. The molecule has 0 saturated heterocycles. The van der Waals surface area contributed by atoms with Gasteiger partial charge in [-0.3, -0.25) is 9.58 Å². The lowest BCUT2D eigenvalue weighted by Crippen LogP contribution is -2.37. The van der Waals surface area contributed by atoms with Crippen molar-refractivity contribution in [1.82, 2.24) is 14.7 Å². The van der Waals surface area contributed by atoms with Crippen LogP contribution in [0.15, 0.2) is 24.3 Å². The largest absolute Gasteiger partial charge is 0.293 e. The Labute approximate surface area is 131 Å². The van der Waals surface area contributed by atoms with Gasteiger partial charge in [0.2, 0.25) is 0 Å². The summed E-state index contributed by atoms with van der Waals surface area (Å²) in [7, 11) is 2.03. The monoisotopic (exact) mass is 305 g/mol. The number of hydrogen-bond acceptors (Lipinski definition) is 2. The fraction of sp³-hybridized carbons (Fsp3) is 0.588. The van der Waals surface area contributed by atoms with Crippen LogP contribution in [0.25, 0.3) is 10.9 Å². The normalized spacial score (nSPS) is 16.9. The molecule has 0 radical (unpaired) electrons. The predicted molar refractivity (Wildman–Crippen MR) is 88.7 cm³/mol. The van der Waals surface area contributed by atoms with Crippen molar-refractivity contribution in [2.45, 2.75) is 44.7 Å². The van der Waals surface area contributed by atoms with Crippen LogP contribution >= 0.6 is 11.6 Å². The highest BCUT2D eigenvalue weighted by Crippen LogP contribution is 2.26. The van der Waals surface area contributed by atoms with Crippen molar-refractivity contribution < 1.29 is 0 Å². The van der Waals surface area contributed by atoms with Crippen molar-refractivity contribution in [3.05, 3.63) is 30.0 Å². The molecule has 3 rings (SSSR count). The van der Waals surface area contributed by atoms with Gasteiger partial charge in [0.15, 0.2) is 0 Å². The summed E-state index contributed by atoms with van der Waals surface area (Å²) < 4.78 is 1.99. The van der Waals surface area contributed by atoms with Crippen LogP contribution in [-0.2, 0) is 13.6 Å². The van der Waals surface area contributed by atoms with Crippen LogP contribution in [0.3, 0.4) is 0 Å². The zero-order chi connectivity index (χ0) is 14.7. The Bertz CT molecular complexity index is 587. The molecule has 0 aliphatic heterocycles. The van der Waals surface area contributed by atoms with Gasteiger partial charge in [0, 0.05) is 37.4 Å². The first kappa shape index (κ1) is 14.9. The van der Waals surface area contributed by atoms with E-state index in [4.69, 9.17) is 16.7 Å². The minimum Gasteiger partial charge on any atom is -0.293 e. The van der Waals surface area contributed by atoms with Crippen molar-refractivity contribution in [1.29, 1.82) is 0 Å². The summed E-state index contributed by atoms with van der Waals surface area (Å²) in [6, 6.07) is 9.17. The van der Waals surface area contributed by atoms with Crippen LogP contribution in [0, 0.1) is 0 Å². The number of benzene rings is 1. The van der Waals surface area contributed by atoms with Crippen LogP contribution in [0.4, 0.5) is 0 Å². The first-order chi connectivity index (χ1) is 10.3. The first-order valence-corrected chi connectivity index (χ1v) is 8.53. The van der Waals surface area contributed by atoms with Gasteiger partial charge in [0.05, 0.1) is 11.2 Å². The van der Waals surface area contributed by atoms with E-state index in [2.05, 4.69) is 29.2 Å². The Hall–Kier alpha value is -1.06. The fourth-order valence-electron chi connectivity index (χ4n) is 3.54. The number of aromatic nitrogens is 2. The number of halogens is 1. The van der Waals surface area contributed by atoms with E-state index in [1.165, 1.54) is 48.7 Å². The zero-order valence-corrected chi connectivity index (χ0v) is 13.5. The van der Waals surface area contributed by atoms with Crippen molar-refractivity contribution in [2.75, 3.05) is 12.4 Å². The highest BCUT2D eigenvalue weighted by molar-refractivity contribution is 6.18. The predicted octanol–water partition coefficient (Wildman–Crippen LogP) is 3.95. The van der Waals surface area contributed by atoms with E-state index in [1.807, 2.05) is 11.7 Å². The molecule has 1 aliphatic carbocycles. The first-order valence-electron chi connectivity index (χ1n) is 8.00. The second-order valence-electron chi connectivity index (χ2n) is 6.04. The number of para-hydroxylation sites is 1. The van der Waals surface area contributed by atoms with Gasteiger partial charge >= 0.3 is 0 Å². The zero-order valence-electron chi connectivity index (χ0n) is 12.8. The summed E-state index contributed by atoms with van der Waals surface area (Å²) in [6.45, 7) is 1.87. The highest BCUT2D eigenvalue weighted by Gasteiger charge is 2.22. The van der Waals surface area contributed by atoms with E-state index in [0.29, 0.717) is 11.9 Å². The van der Waals surface area contributed by atoms with Gasteiger partial charge in [-0.15, -0.1) is 11.6 Å². The lowest BCUT2D eigenvalue weighted by molar-refractivity contribution is 0.155. The number of nitrogens with zero attached hydrogens (tertiary/aromatic N) is 3. The molecular weight excluding hydrogens is 282 g/mol. The maximum Gasteiger partial charge on any atom is 0.0843 e. The Morgan fingerprint density at radius 1 is 1.24 bits per heavy atom. The molecule has 114 valence electrons. The molecule has 4 heteroatoms. The summed E-state index contributed by atoms with van der Waals surface area (Å²) in [5, 5.41) is 6.01. The smallest absolute Gasteiger partial charge is 0.0843 e. The summed E-state index contributed by atoms with van der Waals surface area (Å²) in [6.07, 6.45) is 6.71. The van der Waals surface area contributed by atoms with Crippen molar-refractivity contribution in [3.63, 3.8) is 0 Å². The maximum absolute atomic E-state index is 6.04. The van der Waals surface area contributed by atoms with Gasteiger partial charge in [0.1, 0.15) is 0 Å². The molecule has 1 saturated carbocycles. The second kappa shape index (κ2) is 6.80. The molecule has 0 N–H and O–H groups in total. The lowest BCUT2D eigenvalue weighted by Gasteiger charge is -2.33. The van der Waals surface area contributed by atoms with E-state index in [1.54, 1.807) is 0 Å². The van der Waals surface area contributed by atoms with Gasteiger partial charge in [-0.05, 0) is 18.9 Å². The average molecular weight is 306 g/mol. The van der Waals surface area contributed by atoms with Gasteiger partial charge in [0.25, 0.3) is 0 Å². The molecule has 1 aromatic heterocycles. The number of fused-ring (bicyclic) bond motifs is 1. The molecule has 0 amide bonds. The molecule has 0 spiro atoms. The third-order valence-corrected chi connectivity index (χ3v) is 4.82. The average Bonchev–Trinajstić information content (AvgIpc) is 2.85. The molecular formula is C17H24ClN3. The molecule has 1 heterocycles. The van der Waals surface area contributed by atoms with Gasteiger partial charge in [-0.25, -0.2) is 0 Å².